The molecular formula is C16H16BrFN6O2. The van der Waals surface area contributed by atoms with E-state index >= 15 is 0 Å². The van der Waals surface area contributed by atoms with Gasteiger partial charge in [0, 0.05) is 10.0 Å². The number of ether oxygens (including phenoxy) is 2. The molecule has 0 aliphatic carbocycles. The fourth-order valence-corrected chi connectivity index (χ4v) is 2.72. The molecule has 0 saturated heterocycles. The van der Waals surface area contributed by atoms with Crippen LogP contribution in [0.4, 0.5) is 10.3 Å². The van der Waals surface area contributed by atoms with Gasteiger partial charge in [0.05, 0.1) is 13.7 Å². The van der Waals surface area contributed by atoms with Gasteiger partial charge in [0.15, 0.2) is 11.5 Å². The summed E-state index contributed by atoms with van der Waals surface area (Å²) in [7, 11) is 1.56. The molecule has 0 aliphatic heterocycles. The summed E-state index contributed by atoms with van der Waals surface area (Å²) in [6.07, 6.45) is 0. The SMILES string of the molecule is COc1ccc(Br)c(CNn2nnnc2N)c1OCc1ccc(F)cc1. The standard InChI is InChI=1S/C16H16BrFN6O2/c1-25-14-7-6-13(17)12(8-20-24-16(19)21-22-23-24)15(14)26-9-10-2-4-11(18)5-3-10/h2-7,20H,8-9H2,1H3,(H2,19,21,23). The molecular weight excluding hydrogens is 407 g/mol. The van der Waals surface area contributed by atoms with Crippen molar-refractivity contribution in [3.05, 3.63) is 57.8 Å². The molecule has 0 aliphatic rings. The number of halogens is 2. The van der Waals surface area contributed by atoms with E-state index in [1.165, 1.54) is 16.9 Å². The van der Waals surface area contributed by atoms with Crippen molar-refractivity contribution < 1.29 is 13.9 Å². The average Bonchev–Trinajstić information content (AvgIpc) is 3.05. The van der Waals surface area contributed by atoms with E-state index in [1.54, 1.807) is 25.3 Å². The summed E-state index contributed by atoms with van der Waals surface area (Å²) >= 11 is 3.51. The maximum absolute atomic E-state index is 13.0. The van der Waals surface area contributed by atoms with Crippen molar-refractivity contribution in [3.63, 3.8) is 0 Å². The van der Waals surface area contributed by atoms with E-state index in [9.17, 15) is 4.39 Å². The zero-order valence-corrected chi connectivity index (χ0v) is 15.4. The second kappa shape index (κ2) is 8.00. The molecule has 3 N–H and O–H groups in total. The van der Waals surface area contributed by atoms with E-state index in [0.29, 0.717) is 18.0 Å². The fourth-order valence-electron chi connectivity index (χ4n) is 2.26. The number of benzene rings is 2. The zero-order chi connectivity index (χ0) is 18.5. The Balaban J connectivity index is 1.82. The highest BCUT2D eigenvalue weighted by atomic mass is 79.9. The molecule has 10 heteroatoms. The molecule has 3 rings (SSSR count). The van der Waals surface area contributed by atoms with Crippen LogP contribution in [-0.2, 0) is 13.2 Å². The van der Waals surface area contributed by atoms with Crippen molar-refractivity contribution >= 4 is 21.9 Å². The first-order valence-corrected chi connectivity index (χ1v) is 8.38. The van der Waals surface area contributed by atoms with Gasteiger partial charge in [0.1, 0.15) is 12.4 Å². The van der Waals surface area contributed by atoms with Gasteiger partial charge in [0.2, 0.25) is 0 Å². The molecule has 0 radical (unpaired) electrons. The lowest BCUT2D eigenvalue weighted by molar-refractivity contribution is 0.281. The number of tetrazole rings is 1. The Bertz CT molecular complexity index is 887. The lowest BCUT2D eigenvalue weighted by Crippen LogP contribution is -2.19. The third-order valence-electron chi connectivity index (χ3n) is 3.58. The van der Waals surface area contributed by atoms with Crippen molar-refractivity contribution in [2.75, 3.05) is 18.3 Å². The van der Waals surface area contributed by atoms with Crippen LogP contribution in [0.25, 0.3) is 0 Å². The molecule has 0 atom stereocenters. The first-order valence-electron chi connectivity index (χ1n) is 7.59. The molecule has 0 spiro atoms. The Kier molecular flexibility index (Phi) is 5.52. The van der Waals surface area contributed by atoms with Gasteiger partial charge >= 0.3 is 0 Å². The lowest BCUT2D eigenvalue weighted by atomic mass is 10.2. The van der Waals surface area contributed by atoms with Crippen LogP contribution < -0.4 is 20.6 Å². The second-order valence-electron chi connectivity index (χ2n) is 5.26. The maximum Gasteiger partial charge on any atom is 0.260 e. The quantitative estimate of drug-likeness (QED) is 0.602. The first kappa shape index (κ1) is 17.9. The average molecular weight is 423 g/mol. The number of rotatable bonds is 7. The van der Waals surface area contributed by atoms with Gasteiger partial charge in [0.25, 0.3) is 5.95 Å². The maximum atomic E-state index is 13.0. The van der Waals surface area contributed by atoms with E-state index in [-0.39, 0.29) is 18.4 Å². The zero-order valence-electron chi connectivity index (χ0n) is 13.8. The predicted octanol–water partition coefficient (Wildman–Crippen LogP) is 2.49. The molecule has 8 nitrogen and oxygen atoms in total. The molecule has 0 bridgehead atoms. The molecule has 0 saturated carbocycles. The normalized spacial score (nSPS) is 10.6. The van der Waals surface area contributed by atoms with Crippen LogP contribution in [0.15, 0.2) is 40.9 Å². The van der Waals surface area contributed by atoms with E-state index in [0.717, 1.165) is 15.6 Å². The summed E-state index contributed by atoms with van der Waals surface area (Å²) in [5, 5.41) is 10.8. The Labute approximate surface area is 157 Å². The summed E-state index contributed by atoms with van der Waals surface area (Å²) in [5.74, 6) is 0.956. The van der Waals surface area contributed by atoms with Crippen molar-refractivity contribution in [1.82, 2.24) is 20.3 Å². The molecule has 1 heterocycles. The summed E-state index contributed by atoms with van der Waals surface area (Å²) in [4.78, 5) is 1.26. The number of methoxy groups -OCH3 is 1. The van der Waals surface area contributed by atoms with Gasteiger partial charge in [-0.15, -0.1) is 4.79 Å². The Morgan fingerprint density at radius 3 is 2.65 bits per heavy atom. The van der Waals surface area contributed by atoms with Crippen LogP contribution >= 0.6 is 15.9 Å². The van der Waals surface area contributed by atoms with Crippen molar-refractivity contribution in [1.29, 1.82) is 0 Å². The Hall–Kier alpha value is -2.88. The molecule has 0 amide bonds. The van der Waals surface area contributed by atoms with Crippen LogP contribution in [0, 0.1) is 5.82 Å². The molecule has 26 heavy (non-hydrogen) atoms. The van der Waals surface area contributed by atoms with Crippen LogP contribution in [0.5, 0.6) is 11.5 Å². The van der Waals surface area contributed by atoms with Gasteiger partial charge < -0.3 is 20.6 Å². The molecule has 0 fully saturated rings. The van der Waals surface area contributed by atoms with Crippen LogP contribution in [-0.4, -0.2) is 27.4 Å². The smallest absolute Gasteiger partial charge is 0.260 e. The summed E-state index contributed by atoms with van der Waals surface area (Å²) in [6.45, 7) is 0.582. The van der Waals surface area contributed by atoms with Gasteiger partial charge in [-0.2, -0.15) is 0 Å². The number of anilines is 1. The van der Waals surface area contributed by atoms with E-state index in [1.807, 2.05) is 6.07 Å². The monoisotopic (exact) mass is 422 g/mol. The highest BCUT2D eigenvalue weighted by Crippen LogP contribution is 2.37. The summed E-state index contributed by atoms with van der Waals surface area (Å²) < 4.78 is 25.2. The van der Waals surface area contributed by atoms with Crippen LogP contribution in [0.3, 0.4) is 0 Å². The topological polar surface area (TPSA) is 100 Å². The minimum absolute atomic E-state index is 0.137. The Morgan fingerprint density at radius 1 is 1.23 bits per heavy atom. The minimum atomic E-state index is -0.294. The van der Waals surface area contributed by atoms with E-state index in [2.05, 4.69) is 36.9 Å². The highest BCUT2D eigenvalue weighted by molar-refractivity contribution is 9.10. The number of nitrogen functional groups attached to an aromatic ring is 1. The van der Waals surface area contributed by atoms with Crippen LogP contribution in [0.1, 0.15) is 11.1 Å². The number of aromatic nitrogens is 4. The van der Waals surface area contributed by atoms with E-state index < -0.39 is 0 Å². The minimum Gasteiger partial charge on any atom is -0.493 e. The van der Waals surface area contributed by atoms with Crippen molar-refractivity contribution in [2.24, 2.45) is 0 Å². The van der Waals surface area contributed by atoms with E-state index in [4.69, 9.17) is 15.2 Å². The lowest BCUT2D eigenvalue weighted by Gasteiger charge is -2.17. The molecule has 3 aromatic rings. The molecule has 1 aromatic heterocycles. The number of hydrogen-bond acceptors (Lipinski definition) is 7. The predicted molar refractivity (Wildman–Crippen MR) is 96.7 cm³/mol. The van der Waals surface area contributed by atoms with Gasteiger partial charge in [-0.05, 0) is 40.3 Å². The van der Waals surface area contributed by atoms with Crippen molar-refractivity contribution in [2.45, 2.75) is 13.2 Å². The fraction of sp³-hybridized carbons (Fsp3) is 0.188. The molecule has 0 unspecified atom stereocenters. The third-order valence-corrected chi connectivity index (χ3v) is 4.33. The third kappa shape index (κ3) is 4.02. The Morgan fingerprint density at radius 2 is 2.00 bits per heavy atom. The number of hydrogen-bond donors (Lipinski definition) is 2. The largest absolute Gasteiger partial charge is 0.493 e. The van der Waals surface area contributed by atoms with Crippen molar-refractivity contribution in [3.8, 4) is 11.5 Å². The highest BCUT2D eigenvalue weighted by Gasteiger charge is 2.15. The second-order valence-corrected chi connectivity index (χ2v) is 6.11. The van der Waals surface area contributed by atoms with Gasteiger partial charge in [-0.3, -0.25) is 0 Å². The molecule has 136 valence electrons. The van der Waals surface area contributed by atoms with Crippen LogP contribution in [0.2, 0.25) is 0 Å². The first-order chi connectivity index (χ1) is 12.6. The number of nitrogens with two attached hydrogens (primary N) is 1. The molecule has 2 aromatic carbocycles. The summed E-state index contributed by atoms with van der Waals surface area (Å²) in [6, 6.07) is 9.75. The van der Waals surface area contributed by atoms with Gasteiger partial charge in [-0.1, -0.05) is 33.2 Å². The number of nitrogens with zero attached hydrogens (tertiary/aromatic N) is 4. The number of nitrogens with one attached hydrogen (secondary N) is 1. The summed E-state index contributed by atoms with van der Waals surface area (Å²) in [5.41, 5.74) is 10.3. The van der Waals surface area contributed by atoms with Gasteiger partial charge in [-0.25, -0.2) is 4.39 Å².